The second-order valence-corrected chi connectivity index (χ2v) is 3.52. The third-order valence-corrected chi connectivity index (χ3v) is 2.46. The van der Waals surface area contributed by atoms with Gasteiger partial charge in [-0.05, 0) is 0 Å². The van der Waals surface area contributed by atoms with Crippen LogP contribution in [0.25, 0.3) is 11.2 Å². The lowest BCUT2D eigenvalue weighted by molar-refractivity contribution is 0.123. The third-order valence-electron chi connectivity index (χ3n) is 2.46. The van der Waals surface area contributed by atoms with Crippen molar-refractivity contribution in [2.45, 2.75) is 6.73 Å². The molecule has 0 saturated carbocycles. The molecule has 0 unspecified atom stereocenters. The quantitative estimate of drug-likeness (QED) is 0.658. The second kappa shape index (κ2) is 3.60. The molecule has 0 fully saturated rings. The van der Waals surface area contributed by atoms with Gasteiger partial charge in [0.2, 0.25) is 0 Å². The lowest BCUT2D eigenvalue weighted by Crippen LogP contribution is -2.39. The van der Waals surface area contributed by atoms with E-state index in [1.54, 1.807) is 18.7 Å². The van der Waals surface area contributed by atoms with E-state index >= 15 is 0 Å². The highest BCUT2D eigenvalue weighted by atomic mass is 16.5. The Balaban J connectivity index is 2.98. The fourth-order valence-electron chi connectivity index (χ4n) is 1.64. The summed E-state index contributed by atoms with van der Waals surface area (Å²) in [6, 6.07) is 0. The maximum Gasteiger partial charge on any atom is 0.334 e. The van der Waals surface area contributed by atoms with Crippen LogP contribution in [0.3, 0.4) is 0 Å². The van der Waals surface area contributed by atoms with Crippen molar-refractivity contribution in [3.63, 3.8) is 0 Å². The van der Waals surface area contributed by atoms with Crippen molar-refractivity contribution >= 4 is 11.2 Å². The van der Waals surface area contributed by atoms with Gasteiger partial charge >= 0.3 is 5.69 Å². The molecule has 0 saturated heterocycles. The van der Waals surface area contributed by atoms with Gasteiger partial charge in [0.05, 0.1) is 6.33 Å². The number of imidazole rings is 1. The van der Waals surface area contributed by atoms with E-state index in [0.717, 1.165) is 4.57 Å². The van der Waals surface area contributed by atoms with E-state index in [4.69, 9.17) is 4.74 Å². The average molecular weight is 224 g/mol. The van der Waals surface area contributed by atoms with Gasteiger partial charge in [-0.15, -0.1) is 0 Å². The Morgan fingerprint density at radius 1 is 1.38 bits per heavy atom. The number of methoxy groups -OCH3 is 1. The molecule has 2 aromatic rings. The van der Waals surface area contributed by atoms with Crippen LogP contribution in [0, 0.1) is 0 Å². The van der Waals surface area contributed by atoms with E-state index in [0.29, 0.717) is 11.2 Å². The first-order valence-electron chi connectivity index (χ1n) is 4.67. The van der Waals surface area contributed by atoms with E-state index < -0.39 is 5.69 Å². The number of hydrogen-bond acceptors (Lipinski definition) is 4. The van der Waals surface area contributed by atoms with Crippen LogP contribution in [0.15, 0.2) is 15.9 Å². The summed E-state index contributed by atoms with van der Waals surface area (Å²) < 4.78 is 8.78. The lowest BCUT2D eigenvalue weighted by Gasteiger charge is -2.06. The molecule has 0 aromatic carbocycles. The summed E-state index contributed by atoms with van der Waals surface area (Å²) >= 11 is 0. The Morgan fingerprint density at radius 2 is 2.06 bits per heavy atom. The molecule has 16 heavy (non-hydrogen) atoms. The van der Waals surface area contributed by atoms with Crippen LogP contribution < -0.4 is 11.2 Å². The first-order chi connectivity index (χ1) is 7.57. The lowest BCUT2D eigenvalue weighted by atomic mass is 10.5. The zero-order chi connectivity index (χ0) is 11.9. The van der Waals surface area contributed by atoms with E-state index in [-0.39, 0.29) is 12.3 Å². The summed E-state index contributed by atoms with van der Waals surface area (Å²) in [6.07, 6.45) is 1.50. The molecule has 0 aliphatic heterocycles. The van der Waals surface area contributed by atoms with Crippen LogP contribution >= 0.6 is 0 Å². The molecule has 7 nitrogen and oxygen atoms in total. The number of aromatic nitrogens is 4. The zero-order valence-corrected chi connectivity index (χ0v) is 9.30. The van der Waals surface area contributed by atoms with Crippen molar-refractivity contribution in [1.82, 2.24) is 18.7 Å². The molecule has 0 spiro atoms. The van der Waals surface area contributed by atoms with Crippen molar-refractivity contribution in [1.29, 1.82) is 0 Å². The SMILES string of the molecule is COCn1c(=O)c2c(ncn2C)n(C)c1=O. The highest BCUT2D eigenvalue weighted by molar-refractivity contribution is 5.69. The fourth-order valence-corrected chi connectivity index (χ4v) is 1.64. The van der Waals surface area contributed by atoms with Crippen LogP contribution in [0.4, 0.5) is 0 Å². The van der Waals surface area contributed by atoms with Crippen molar-refractivity contribution in [2.24, 2.45) is 14.1 Å². The predicted octanol–water partition coefficient (Wildman–Crippen LogP) is -0.962. The van der Waals surface area contributed by atoms with Gasteiger partial charge in [0.25, 0.3) is 5.56 Å². The summed E-state index contributed by atoms with van der Waals surface area (Å²) in [7, 11) is 4.71. The van der Waals surface area contributed by atoms with Crippen LogP contribution in [-0.4, -0.2) is 25.8 Å². The Hall–Kier alpha value is -1.89. The maximum absolute atomic E-state index is 12.0. The molecule has 0 bridgehead atoms. The molecule has 86 valence electrons. The van der Waals surface area contributed by atoms with Crippen LogP contribution in [0.1, 0.15) is 0 Å². The first-order valence-corrected chi connectivity index (χ1v) is 4.67. The number of fused-ring (bicyclic) bond motifs is 1. The minimum atomic E-state index is -0.432. The van der Waals surface area contributed by atoms with E-state index in [1.165, 1.54) is 18.0 Å². The average Bonchev–Trinajstić information content (AvgIpc) is 2.64. The smallest absolute Gasteiger partial charge is 0.334 e. The van der Waals surface area contributed by atoms with E-state index in [1.807, 2.05) is 0 Å². The van der Waals surface area contributed by atoms with Crippen LogP contribution in [-0.2, 0) is 25.6 Å². The predicted molar refractivity (Wildman–Crippen MR) is 57.2 cm³/mol. The molecule has 0 atom stereocenters. The largest absolute Gasteiger partial charge is 0.364 e. The zero-order valence-electron chi connectivity index (χ0n) is 9.30. The molecule has 0 aliphatic carbocycles. The second-order valence-electron chi connectivity index (χ2n) is 3.52. The molecule has 0 radical (unpaired) electrons. The van der Waals surface area contributed by atoms with Gasteiger partial charge < -0.3 is 9.30 Å². The van der Waals surface area contributed by atoms with Gasteiger partial charge in [-0.1, -0.05) is 0 Å². The molecular weight excluding hydrogens is 212 g/mol. The Kier molecular flexibility index (Phi) is 2.39. The Labute approximate surface area is 90.5 Å². The van der Waals surface area contributed by atoms with Crippen molar-refractivity contribution in [2.75, 3.05) is 7.11 Å². The number of hydrogen-bond donors (Lipinski definition) is 0. The molecule has 7 heteroatoms. The van der Waals surface area contributed by atoms with Gasteiger partial charge in [0.1, 0.15) is 6.73 Å². The summed E-state index contributed by atoms with van der Waals surface area (Å²) in [5.41, 5.74) is -0.0537. The molecule has 0 aliphatic rings. The van der Waals surface area contributed by atoms with Gasteiger partial charge in [-0.3, -0.25) is 9.36 Å². The van der Waals surface area contributed by atoms with Gasteiger partial charge in [-0.2, -0.15) is 0 Å². The normalized spacial score (nSPS) is 11.2. The van der Waals surface area contributed by atoms with Crippen LogP contribution in [0.5, 0.6) is 0 Å². The summed E-state index contributed by atoms with van der Waals surface area (Å²) in [4.78, 5) is 27.8. The third kappa shape index (κ3) is 1.28. The fraction of sp³-hybridized carbons (Fsp3) is 0.444. The number of nitrogens with zero attached hydrogens (tertiary/aromatic N) is 4. The minimum absolute atomic E-state index is 0.0629. The van der Waals surface area contributed by atoms with Gasteiger partial charge in [-0.25, -0.2) is 14.3 Å². The topological polar surface area (TPSA) is 71.1 Å². The summed E-state index contributed by atoms with van der Waals surface area (Å²) in [5.74, 6) is 0. The van der Waals surface area contributed by atoms with E-state index in [9.17, 15) is 9.59 Å². The number of rotatable bonds is 2. The maximum atomic E-state index is 12.0. The monoisotopic (exact) mass is 224 g/mol. The molecule has 2 rings (SSSR count). The molecule has 0 N–H and O–H groups in total. The van der Waals surface area contributed by atoms with Gasteiger partial charge in [0.15, 0.2) is 11.2 Å². The Morgan fingerprint density at radius 3 is 2.69 bits per heavy atom. The summed E-state index contributed by atoms with van der Waals surface area (Å²) in [6.45, 7) is -0.0629. The first kappa shape index (κ1) is 10.6. The van der Waals surface area contributed by atoms with Crippen molar-refractivity contribution < 1.29 is 4.74 Å². The number of ether oxygens (including phenoxy) is 1. The molecule has 2 aromatic heterocycles. The number of aryl methyl sites for hydroxylation is 2. The Bertz CT molecular complexity index is 649. The molecule has 2 heterocycles. The van der Waals surface area contributed by atoms with Crippen molar-refractivity contribution in [3.05, 3.63) is 27.2 Å². The minimum Gasteiger partial charge on any atom is -0.364 e. The summed E-state index contributed by atoms with van der Waals surface area (Å²) in [5, 5.41) is 0. The van der Waals surface area contributed by atoms with Crippen LogP contribution in [0.2, 0.25) is 0 Å². The molecular formula is C9H12N4O3. The van der Waals surface area contributed by atoms with Crippen molar-refractivity contribution in [3.8, 4) is 0 Å². The standard InChI is InChI=1S/C9H12N4O3/c1-11-4-10-7-6(11)8(14)13(5-16-3)9(15)12(7)2/h4H,5H2,1-3H3. The van der Waals surface area contributed by atoms with E-state index in [2.05, 4.69) is 4.98 Å². The highest BCUT2D eigenvalue weighted by Gasteiger charge is 2.13. The van der Waals surface area contributed by atoms with Gasteiger partial charge in [0, 0.05) is 21.2 Å². The highest BCUT2D eigenvalue weighted by Crippen LogP contribution is 2.02. The molecule has 0 amide bonds.